The van der Waals surface area contributed by atoms with Crippen LogP contribution in [-0.2, 0) is 5.41 Å². The third-order valence-corrected chi connectivity index (χ3v) is 4.50. The number of hydrogen-bond donors (Lipinski definition) is 1. The predicted molar refractivity (Wildman–Crippen MR) is 101 cm³/mol. The highest BCUT2D eigenvalue weighted by molar-refractivity contribution is 14.1. The second-order valence-corrected chi connectivity index (χ2v) is 7.84. The summed E-state index contributed by atoms with van der Waals surface area (Å²) in [6.07, 6.45) is 0. The SMILES string of the molecule is CCNc1nc(-c2cccc(Br)c2)nc(C(C)(C)C)c1I. The van der Waals surface area contributed by atoms with Gasteiger partial charge in [-0.25, -0.2) is 9.97 Å². The van der Waals surface area contributed by atoms with E-state index in [1.807, 2.05) is 24.3 Å². The Bertz CT molecular complexity index is 650. The molecular formula is C16H19BrIN3. The van der Waals surface area contributed by atoms with Crippen LogP contribution in [0.2, 0.25) is 0 Å². The van der Waals surface area contributed by atoms with Gasteiger partial charge in [0.1, 0.15) is 5.82 Å². The highest BCUT2D eigenvalue weighted by Gasteiger charge is 2.23. The first-order valence-corrected chi connectivity index (χ1v) is 8.78. The zero-order valence-corrected chi connectivity index (χ0v) is 16.4. The van der Waals surface area contributed by atoms with Crippen LogP contribution in [0.3, 0.4) is 0 Å². The van der Waals surface area contributed by atoms with E-state index in [9.17, 15) is 0 Å². The van der Waals surface area contributed by atoms with Gasteiger partial charge in [-0.15, -0.1) is 0 Å². The lowest BCUT2D eigenvalue weighted by atomic mass is 9.91. The number of rotatable bonds is 3. The fourth-order valence-electron chi connectivity index (χ4n) is 1.99. The van der Waals surface area contributed by atoms with Crippen LogP contribution in [0, 0.1) is 3.57 Å². The molecule has 2 rings (SSSR count). The number of nitrogens with zero attached hydrogens (tertiary/aromatic N) is 2. The highest BCUT2D eigenvalue weighted by Crippen LogP contribution is 2.32. The molecule has 5 heteroatoms. The average Bonchev–Trinajstić information content (AvgIpc) is 2.40. The highest BCUT2D eigenvalue weighted by atomic mass is 127. The van der Waals surface area contributed by atoms with E-state index in [0.717, 1.165) is 37.5 Å². The maximum Gasteiger partial charge on any atom is 0.161 e. The second-order valence-electron chi connectivity index (χ2n) is 5.85. The summed E-state index contributed by atoms with van der Waals surface area (Å²) < 4.78 is 2.13. The normalized spacial score (nSPS) is 11.5. The van der Waals surface area contributed by atoms with Gasteiger partial charge in [0.2, 0.25) is 0 Å². The average molecular weight is 460 g/mol. The van der Waals surface area contributed by atoms with Gasteiger partial charge in [-0.2, -0.15) is 0 Å². The molecule has 0 atom stereocenters. The lowest BCUT2D eigenvalue weighted by molar-refractivity contribution is 0.564. The Kier molecular flexibility index (Phi) is 5.24. The standard InChI is InChI=1S/C16H19BrIN3/c1-5-19-15-12(18)13(16(2,3)4)20-14(21-15)10-7-6-8-11(17)9-10/h6-9H,5H2,1-4H3,(H,19,20,21). The van der Waals surface area contributed by atoms with E-state index in [-0.39, 0.29) is 5.41 Å². The van der Waals surface area contributed by atoms with Crippen LogP contribution in [-0.4, -0.2) is 16.5 Å². The van der Waals surface area contributed by atoms with Crippen molar-refractivity contribution in [3.8, 4) is 11.4 Å². The third-order valence-electron chi connectivity index (χ3n) is 2.99. The maximum atomic E-state index is 4.82. The molecule has 0 bridgehead atoms. The van der Waals surface area contributed by atoms with Gasteiger partial charge in [0, 0.05) is 22.0 Å². The van der Waals surface area contributed by atoms with E-state index in [1.165, 1.54) is 0 Å². The van der Waals surface area contributed by atoms with E-state index in [2.05, 4.69) is 71.5 Å². The Morgan fingerprint density at radius 3 is 2.52 bits per heavy atom. The van der Waals surface area contributed by atoms with Crippen molar-refractivity contribution in [2.45, 2.75) is 33.1 Å². The Labute approximate surface area is 148 Å². The van der Waals surface area contributed by atoms with Crippen LogP contribution in [0.5, 0.6) is 0 Å². The molecule has 3 nitrogen and oxygen atoms in total. The van der Waals surface area contributed by atoms with Crippen molar-refractivity contribution in [2.75, 3.05) is 11.9 Å². The van der Waals surface area contributed by atoms with Gasteiger partial charge < -0.3 is 5.32 Å². The number of anilines is 1. The van der Waals surface area contributed by atoms with Crippen LogP contribution < -0.4 is 5.32 Å². The summed E-state index contributed by atoms with van der Waals surface area (Å²) in [5.41, 5.74) is 2.07. The largest absolute Gasteiger partial charge is 0.369 e. The van der Waals surface area contributed by atoms with E-state index in [4.69, 9.17) is 9.97 Å². The molecule has 0 spiro atoms. The molecule has 112 valence electrons. The first-order chi connectivity index (χ1) is 9.82. The predicted octanol–water partition coefficient (Wildman–Crippen LogP) is 5.24. The monoisotopic (exact) mass is 459 g/mol. The number of halogens is 2. The van der Waals surface area contributed by atoms with Gasteiger partial charge in [0.05, 0.1) is 9.26 Å². The summed E-state index contributed by atoms with van der Waals surface area (Å²) in [5, 5.41) is 3.34. The summed E-state index contributed by atoms with van der Waals surface area (Å²) in [6.45, 7) is 9.45. The zero-order valence-electron chi connectivity index (χ0n) is 12.7. The first kappa shape index (κ1) is 16.7. The van der Waals surface area contributed by atoms with Gasteiger partial charge in [-0.3, -0.25) is 0 Å². The number of aromatic nitrogens is 2. The van der Waals surface area contributed by atoms with Crippen molar-refractivity contribution in [1.29, 1.82) is 0 Å². The summed E-state index contributed by atoms with van der Waals surface area (Å²) >= 11 is 5.84. The summed E-state index contributed by atoms with van der Waals surface area (Å²) in [4.78, 5) is 9.52. The molecule has 1 aromatic carbocycles. The Morgan fingerprint density at radius 2 is 1.95 bits per heavy atom. The smallest absolute Gasteiger partial charge is 0.161 e. The van der Waals surface area contributed by atoms with Gasteiger partial charge >= 0.3 is 0 Å². The van der Waals surface area contributed by atoms with Crippen molar-refractivity contribution < 1.29 is 0 Å². The van der Waals surface area contributed by atoms with Gasteiger partial charge in [-0.05, 0) is 41.6 Å². The van der Waals surface area contributed by atoms with Crippen molar-refractivity contribution in [3.05, 3.63) is 38.0 Å². The zero-order chi connectivity index (χ0) is 15.6. The topological polar surface area (TPSA) is 37.8 Å². The third kappa shape index (κ3) is 3.94. The van der Waals surface area contributed by atoms with E-state index in [0.29, 0.717) is 0 Å². The molecule has 0 radical (unpaired) electrons. The number of benzene rings is 1. The molecule has 0 aliphatic carbocycles. The minimum atomic E-state index is -0.0234. The fraction of sp³-hybridized carbons (Fsp3) is 0.375. The molecule has 0 unspecified atom stereocenters. The number of hydrogen-bond acceptors (Lipinski definition) is 3. The van der Waals surface area contributed by atoms with Crippen LogP contribution in [0.15, 0.2) is 28.7 Å². The molecule has 0 saturated heterocycles. The van der Waals surface area contributed by atoms with Gasteiger partial charge in [0.25, 0.3) is 0 Å². The fourth-order valence-corrected chi connectivity index (χ4v) is 3.63. The molecule has 2 aromatic rings. The molecular weight excluding hydrogens is 441 g/mol. The molecule has 1 aromatic heterocycles. The molecule has 0 fully saturated rings. The second kappa shape index (κ2) is 6.60. The van der Waals surface area contributed by atoms with Crippen LogP contribution in [0.4, 0.5) is 5.82 Å². The van der Waals surface area contributed by atoms with Crippen LogP contribution in [0.25, 0.3) is 11.4 Å². The Morgan fingerprint density at radius 1 is 1.24 bits per heavy atom. The van der Waals surface area contributed by atoms with E-state index < -0.39 is 0 Å². The van der Waals surface area contributed by atoms with Gasteiger partial charge in [-0.1, -0.05) is 48.8 Å². The molecule has 0 aliphatic rings. The summed E-state index contributed by atoms with van der Waals surface area (Å²) in [7, 11) is 0. The maximum absolute atomic E-state index is 4.82. The molecule has 21 heavy (non-hydrogen) atoms. The molecule has 1 N–H and O–H groups in total. The number of nitrogens with one attached hydrogen (secondary N) is 1. The molecule has 1 heterocycles. The minimum Gasteiger partial charge on any atom is -0.369 e. The summed E-state index contributed by atoms with van der Waals surface area (Å²) in [6, 6.07) is 8.09. The molecule has 0 aliphatic heterocycles. The Balaban J connectivity index is 2.64. The van der Waals surface area contributed by atoms with Crippen molar-refractivity contribution in [2.24, 2.45) is 0 Å². The minimum absolute atomic E-state index is 0.0234. The lowest BCUT2D eigenvalue weighted by Crippen LogP contribution is -2.19. The van der Waals surface area contributed by atoms with Crippen LogP contribution >= 0.6 is 38.5 Å². The van der Waals surface area contributed by atoms with E-state index >= 15 is 0 Å². The van der Waals surface area contributed by atoms with Crippen LogP contribution in [0.1, 0.15) is 33.4 Å². The van der Waals surface area contributed by atoms with Crippen molar-refractivity contribution >= 4 is 44.3 Å². The van der Waals surface area contributed by atoms with Gasteiger partial charge in [0.15, 0.2) is 5.82 Å². The van der Waals surface area contributed by atoms with Crippen molar-refractivity contribution in [1.82, 2.24) is 9.97 Å². The lowest BCUT2D eigenvalue weighted by Gasteiger charge is -2.22. The van der Waals surface area contributed by atoms with E-state index in [1.54, 1.807) is 0 Å². The molecule has 0 amide bonds. The first-order valence-electron chi connectivity index (χ1n) is 6.90. The quantitative estimate of drug-likeness (QED) is 0.637. The Hall–Kier alpha value is -0.690. The van der Waals surface area contributed by atoms with Crippen molar-refractivity contribution in [3.63, 3.8) is 0 Å². The summed E-state index contributed by atoms with van der Waals surface area (Å²) in [5.74, 6) is 1.67. The molecule has 0 saturated carbocycles.